The highest BCUT2D eigenvalue weighted by molar-refractivity contribution is 7.99. The monoisotopic (exact) mass is 391 g/mol. The van der Waals surface area contributed by atoms with Crippen molar-refractivity contribution in [1.82, 2.24) is 14.9 Å². The highest BCUT2D eigenvalue weighted by Crippen LogP contribution is 2.31. The normalized spacial score (nSPS) is 19.2. The van der Waals surface area contributed by atoms with Crippen LogP contribution in [-0.2, 0) is 11.2 Å². The molecule has 0 unspecified atom stereocenters. The van der Waals surface area contributed by atoms with Crippen LogP contribution in [0, 0.1) is 6.92 Å². The number of carbonyl (C=O) groups excluding carboxylic acids is 1. The summed E-state index contributed by atoms with van der Waals surface area (Å²) >= 11 is 1.38. The van der Waals surface area contributed by atoms with E-state index in [0.717, 1.165) is 37.8 Å². The summed E-state index contributed by atoms with van der Waals surface area (Å²) in [4.78, 5) is 34.9. The number of aryl methyl sites for hydroxylation is 1. The van der Waals surface area contributed by atoms with E-state index in [1.165, 1.54) is 50.3 Å². The van der Waals surface area contributed by atoms with E-state index in [4.69, 9.17) is 0 Å². The van der Waals surface area contributed by atoms with Crippen molar-refractivity contribution in [2.75, 3.05) is 5.75 Å². The van der Waals surface area contributed by atoms with E-state index in [0.29, 0.717) is 28.6 Å². The molecule has 2 aliphatic carbocycles. The second-order valence-corrected chi connectivity index (χ2v) is 8.93. The van der Waals surface area contributed by atoms with Gasteiger partial charge in [-0.05, 0) is 39.0 Å². The van der Waals surface area contributed by atoms with Gasteiger partial charge in [-0.15, -0.1) is 0 Å². The van der Waals surface area contributed by atoms with Gasteiger partial charge in [-0.25, -0.2) is 4.98 Å². The summed E-state index contributed by atoms with van der Waals surface area (Å²) in [5.41, 5.74) is 1.41. The summed E-state index contributed by atoms with van der Waals surface area (Å²) in [6.45, 7) is 3.81. The second kappa shape index (κ2) is 9.76. The molecule has 2 aliphatic rings. The van der Waals surface area contributed by atoms with E-state index in [1.54, 1.807) is 6.92 Å². The number of amides is 1. The Hall–Kier alpha value is -1.30. The number of hydrogen-bond acceptors (Lipinski definition) is 4. The third kappa shape index (κ3) is 5.15. The topological polar surface area (TPSA) is 66.1 Å². The van der Waals surface area contributed by atoms with E-state index in [1.807, 2.05) is 6.92 Å². The Morgan fingerprint density at radius 3 is 2.15 bits per heavy atom. The number of aromatic nitrogens is 2. The molecule has 2 fully saturated rings. The van der Waals surface area contributed by atoms with E-state index >= 15 is 0 Å². The quantitative estimate of drug-likeness (QED) is 0.582. The molecule has 1 amide bonds. The lowest BCUT2D eigenvalue weighted by Crippen LogP contribution is -2.49. The van der Waals surface area contributed by atoms with Crippen LogP contribution in [0.5, 0.6) is 0 Å². The maximum absolute atomic E-state index is 13.2. The van der Waals surface area contributed by atoms with Crippen LogP contribution in [0.4, 0.5) is 0 Å². The van der Waals surface area contributed by atoms with Crippen LogP contribution in [0.25, 0.3) is 0 Å². The summed E-state index contributed by atoms with van der Waals surface area (Å²) in [6, 6.07) is 0.817. The van der Waals surface area contributed by atoms with Crippen LogP contribution in [0.1, 0.15) is 82.4 Å². The number of nitrogens with zero attached hydrogens (tertiary/aromatic N) is 2. The lowest BCUT2D eigenvalue weighted by atomic mass is 9.88. The smallest absolute Gasteiger partial charge is 0.254 e. The third-order valence-corrected chi connectivity index (χ3v) is 6.98. The van der Waals surface area contributed by atoms with Gasteiger partial charge in [0.25, 0.3) is 5.56 Å². The van der Waals surface area contributed by atoms with E-state index < -0.39 is 0 Å². The van der Waals surface area contributed by atoms with Gasteiger partial charge in [0.15, 0.2) is 5.16 Å². The maximum atomic E-state index is 13.2. The molecule has 3 rings (SSSR count). The van der Waals surface area contributed by atoms with Gasteiger partial charge in [0.05, 0.1) is 11.4 Å². The van der Waals surface area contributed by atoms with Gasteiger partial charge in [0.1, 0.15) is 0 Å². The van der Waals surface area contributed by atoms with Crippen LogP contribution < -0.4 is 5.56 Å². The van der Waals surface area contributed by atoms with Crippen molar-refractivity contribution in [1.29, 1.82) is 0 Å². The molecular weight excluding hydrogens is 358 g/mol. The molecule has 1 heterocycles. The molecular formula is C21H33N3O2S. The molecule has 0 saturated heterocycles. The molecule has 0 aliphatic heterocycles. The first-order valence-electron chi connectivity index (χ1n) is 10.6. The summed E-state index contributed by atoms with van der Waals surface area (Å²) in [5.74, 6) is 0.586. The summed E-state index contributed by atoms with van der Waals surface area (Å²) in [5, 5.41) is 0.572. The number of rotatable bonds is 6. The van der Waals surface area contributed by atoms with Crippen LogP contribution in [0.3, 0.4) is 0 Å². The molecule has 5 nitrogen and oxygen atoms in total. The van der Waals surface area contributed by atoms with Gasteiger partial charge in [-0.3, -0.25) is 9.59 Å². The van der Waals surface area contributed by atoms with Crippen LogP contribution >= 0.6 is 11.8 Å². The zero-order chi connectivity index (χ0) is 19.2. The maximum Gasteiger partial charge on any atom is 0.254 e. The zero-order valence-corrected chi connectivity index (χ0v) is 17.6. The highest BCUT2D eigenvalue weighted by atomic mass is 32.2. The lowest BCUT2D eigenvalue weighted by Gasteiger charge is -2.41. The minimum absolute atomic E-state index is 0.0896. The van der Waals surface area contributed by atoms with Gasteiger partial charge in [0.2, 0.25) is 5.91 Å². The average molecular weight is 392 g/mol. The number of thioether (sulfide) groups is 1. The third-order valence-electron chi connectivity index (χ3n) is 6.12. The molecule has 1 aromatic rings. The number of carbonyl (C=O) groups is 1. The van der Waals surface area contributed by atoms with Crippen LogP contribution in [-0.4, -0.2) is 38.6 Å². The molecule has 0 radical (unpaired) electrons. The van der Waals surface area contributed by atoms with Crippen molar-refractivity contribution in [3.8, 4) is 0 Å². The fourth-order valence-electron chi connectivity index (χ4n) is 4.60. The predicted octanol–water partition coefficient (Wildman–Crippen LogP) is 4.23. The molecule has 0 aromatic carbocycles. The molecule has 0 atom stereocenters. The molecule has 0 bridgehead atoms. The van der Waals surface area contributed by atoms with E-state index in [-0.39, 0.29) is 11.5 Å². The summed E-state index contributed by atoms with van der Waals surface area (Å²) in [7, 11) is 0. The van der Waals surface area contributed by atoms with E-state index in [2.05, 4.69) is 14.9 Å². The largest absolute Gasteiger partial charge is 0.336 e. The first kappa shape index (κ1) is 20.4. The van der Waals surface area contributed by atoms with Crippen molar-refractivity contribution in [2.24, 2.45) is 0 Å². The van der Waals surface area contributed by atoms with Crippen molar-refractivity contribution in [3.05, 3.63) is 21.6 Å². The summed E-state index contributed by atoms with van der Waals surface area (Å²) < 4.78 is 0. The lowest BCUT2D eigenvalue weighted by molar-refractivity contribution is -0.135. The van der Waals surface area contributed by atoms with Crippen LogP contribution in [0.2, 0.25) is 0 Å². The Morgan fingerprint density at radius 1 is 1.07 bits per heavy atom. The van der Waals surface area contributed by atoms with Crippen molar-refractivity contribution in [3.63, 3.8) is 0 Å². The molecule has 6 heteroatoms. The fraction of sp³-hybridized carbons (Fsp3) is 0.762. The Labute approximate surface area is 166 Å². The SMILES string of the molecule is CCc1nc(SCC(=O)N(C2CCCCC2)C2CCCCC2)[nH]c(=O)c1C. The van der Waals surface area contributed by atoms with Crippen molar-refractivity contribution >= 4 is 17.7 Å². The Morgan fingerprint density at radius 2 is 1.63 bits per heavy atom. The minimum Gasteiger partial charge on any atom is -0.336 e. The minimum atomic E-state index is -0.0896. The summed E-state index contributed by atoms with van der Waals surface area (Å²) in [6.07, 6.45) is 12.9. The number of aromatic amines is 1. The van der Waals surface area contributed by atoms with Crippen molar-refractivity contribution in [2.45, 2.75) is 102 Å². The standard InChI is InChI=1S/C21H33N3O2S/c1-3-18-15(2)20(26)23-21(22-18)27-14-19(25)24(16-10-6-4-7-11-16)17-12-8-5-9-13-17/h16-17H,3-14H2,1-2H3,(H,22,23,26). The van der Waals surface area contributed by atoms with Gasteiger partial charge >= 0.3 is 0 Å². The molecule has 2 saturated carbocycles. The molecule has 150 valence electrons. The number of H-pyrrole nitrogens is 1. The van der Waals surface area contributed by atoms with E-state index in [9.17, 15) is 9.59 Å². The second-order valence-electron chi connectivity index (χ2n) is 7.97. The number of nitrogens with one attached hydrogen (secondary N) is 1. The Balaban J connectivity index is 1.70. The first-order chi connectivity index (χ1) is 13.1. The Kier molecular flexibility index (Phi) is 7.39. The highest BCUT2D eigenvalue weighted by Gasteiger charge is 2.32. The van der Waals surface area contributed by atoms with Gasteiger partial charge in [0, 0.05) is 17.6 Å². The predicted molar refractivity (Wildman–Crippen MR) is 110 cm³/mol. The zero-order valence-electron chi connectivity index (χ0n) is 16.8. The molecule has 0 spiro atoms. The van der Waals surface area contributed by atoms with Gasteiger partial charge in [-0.2, -0.15) is 0 Å². The molecule has 1 N–H and O–H groups in total. The first-order valence-corrected chi connectivity index (χ1v) is 11.6. The van der Waals surface area contributed by atoms with Crippen molar-refractivity contribution < 1.29 is 4.79 Å². The van der Waals surface area contributed by atoms with Crippen LogP contribution in [0.15, 0.2) is 9.95 Å². The van der Waals surface area contributed by atoms with Gasteiger partial charge in [-0.1, -0.05) is 57.2 Å². The molecule has 27 heavy (non-hydrogen) atoms. The fourth-order valence-corrected chi connectivity index (χ4v) is 5.35. The van der Waals surface area contributed by atoms with Gasteiger partial charge < -0.3 is 9.88 Å². The molecule has 1 aromatic heterocycles. The Bertz CT molecular complexity index is 673. The average Bonchev–Trinajstić information content (AvgIpc) is 2.70. The number of hydrogen-bond donors (Lipinski definition) is 1.